The van der Waals surface area contributed by atoms with E-state index in [2.05, 4.69) is 20.0 Å². The van der Waals surface area contributed by atoms with Gasteiger partial charge in [0.2, 0.25) is 0 Å². The Morgan fingerprint density at radius 3 is 2.91 bits per heavy atom. The number of anilines is 1. The number of hydrogen-bond donors (Lipinski definition) is 1. The molecule has 1 spiro atoms. The van der Waals surface area contributed by atoms with Crippen LogP contribution >= 0.6 is 11.6 Å². The van der Waals surface area contributed by atoms with Gasteiger partial charge in [0.05, 0.1) is 47.6 Å². The molecule has 13 heteroatoms. The fourth-order valence-corrected chi connectivity index (χ4v) is 9.71. The molecule has 0 amide bonds. The SMILES string of the molecule is Fc1c2ncc3c(nc(OC[C@@]45CCCN4C[C@H](F)C5)nc13)N1CCCC3(C[C@H](COC[C@@H]4C[C@@H]4c4c(Cl)cc5[nH]ncc5c4-2)O3)C1. The summed E-state index contributed by atoms with van der Waals surface area (Å²) in [4.78, 5) is 18.8. The van der Waals surface area contributed by atoms with Gasteiger partial charge in [-0.05, 0) is 62.1 Å². The number of alkyl halides is 1. The van der Waals surface area contributed by atoms with E-state index in [9.17, 15) is 4.39 Å². The summed E-state index contributed by atoms with van der Waals surface area (Å²) in [5.74, 6) is 0.378. The quantitative estimate of drug-likeness (QED) is 0.301. The summed E-state index contributed by atoms with van der Waals surface area (Å²) >= 11 is 6.96. The number of hydrogen-bond acceptors (Lipinski definition) is 9. The van der Waals surface area contributed by atoms with E-state index >= 15 is 4.39 Å². The van der Waals surface area contributed by atoms with Crippen LogP contribution in [0.25, 0.3) is 33.1 Å². The summed E-state index contributed by atoms with van der Waals surface area (Å²) in [7, 11) is 0. The fourth-order valence-electron chi connectivity index (χ4n) is 9.37. The maximum Gasteiger partial charge on any atom is 0.319 e. The van der Waals surface area contributed by atoms with E-state index in [1.807, 2.05) is 6.07 Å². The molecule has 1 saturated carbocycles. The molecule has 4 saturated heterocycles. The van der Waals surface area contributed by atoms with Crippen LogP contribution in [0.2, 0.25) is 5.02 Å². The first-order valence-electron chi connectivity index (χ1n) is 16.9. The van der Waals surface area contributed by atoms with E-state index in [-0.39, 0.29) is 52.9 Å². The van der Waals surface area contributed by atoms with Crippen LogP contribution in [0, 0.1) is 11.7 Å². The molecule has 1 N–H and O–H groups in total. The second-order valence-electron chi connectivity index (χ2n) is 14.6. The zero-order valence-corrected chi connectivity index (χ0v) is 26.7. The van der Waals surface area contributed by atoms with E-state index in [4.69, 9.17) is 40.8 Å². The van der Waals surface area contributed by atoms with Crippen LogP contribution in [-0.2, 0) is 9.47 Å². The molecule has 246 valence electrons. The second-order valence-corrected chi connectivity index (χ2v) is 15.1. The molecule has 7 aliphatic heterocycles. The number of aromatic amines is 1. The van der Waals surface area contributed by atoms with Gasteiger partial charge in [0, 0.05) is 54.6 Å². The molecule has 1 aliphatic carbocycles. The molecule has 47 heavy (non-hydrogen) atoms. The van der Waals surface area contributed by atoms with Crippen molar-refractivity contribution >= 4 is 39.2 Å². The monoisotopic (exact) mass is 663 g/mol. The van der Waals surface area contributed by atoms with Gasteiger partial charge in [0.1, 0.15) is 29.8 Å². The van der Waals surface area contributed by atoms with Crippen molar-refractivity contribution < 1.29 is 23.0 Å². The molecule has 3 aromatic heterocycles. The van der Waals surface area contributed by atoms with Gasteiger partial charge in [-0.25, -0.2) is 8.78 Å². The molecule has 7 bridgehead atoms. The van der Waals surface area contributed by atoms with Crippen LogP contribution in [0.3, 0.4) is 0 Å². The van der Waals surface area contributed by atoms with E-state index in [1.54, 1.807) is 12.4 Å². The van der Waals surface area contributed by atoms with Gasteiger partial charge in [-0.3, -0.25) is 15.0 Å². The third-order valence-corrected chi connectivity index (χ3v) is 11.9. The highest BCUT2D eigenvalue weighted by atomic mass is 35.5. The number of rotatable bonds is 3. The van der Waals surface area contributed by atoms with Gasteiger partial charge in [-0.1, -0.05) is 11.6 Å². The van der Waals surface area contributed by atoms with Crippen molar-refractivity contribution in [1.29, 1.82) is 0 Å². The molecular formula is C34H36ClF2N7O3. The third kappa shape index (κ3) is 4.50. The molecule has 4 aromatic rings. The maximum atomic E-state index is 17.2. The Morgan fingerprint density at radius 2 is 2.00 bits per heavy atom. The molecule has 6 atom stereocenters. The molecule has 5 fully saturated rings. The number of ether oxygens (including phenoxy) is 3. The normalized spacial score (nSPS) is 33.1. The lowest BCUT2D eigenvalue weighted by Crippen LogP contribution is -2.61. The second kappa shape index (κ2) is 10.4. The number of aromatic nitrogens is 5. The highest BCUT2D eigenvalue weighted by Gasteiger charge is 2.51. The number of nitrogens with one attached hydrogen (secondary N) is 1. The molecule has 1 aromatic carbocycles. The van der Waals surface area contributed by atoms with Crippen LogP contribution in [0.15, 0.2) is 18.5 Å². The summed E-state index contributed by atoms with van der Waals surface area (Å²) in [5.41, 5.74) is 1.82. The summed E-state index contributed by atoms with van der Waals surface area (Å²) in [6, 6.07) is 1.95. The average molecular weight is 664 g/mol. The van der Waals surface area contributed by atoms with Crippen molar-refractivity contribution in [2.75, 3.05) is 50.9 Å². The van der Waals surface area contributed by atoms with E-state index < -0.39 is 12.0 Å². The van der Waals surface area contributed by atoms with Crippen LogP contribution in [0.1, 0.15) is 56.4 Å². The summed E-state index contributed by atoms with van der Waals surface area (Å²) in [6.45, 7) is 4.03. The Hall–Kier alpha value is -3.19. The fraction of sp³-hybridized carbons (Fsp3) is 0.588. The first-order valence-corrected chi connectivity index (χ1v) is 17.3. The summed E-state index contributed by atoms with van der Waals surface area (Å²) < 4.78 is 50.8. The lowest BCUT2D eigenvalue weighted by atomic mass is 9.82. The average Bonchev–Trinajstić information content (AvgIpc) is 3.30. The summed E-state index contributed by atoms with van der Waals surface area (Å²) in [5, 5.41) is 9.07. The Labute approximate surface area is 275 Å². The zero-order chi connectivity index (χ0) is 31.5. The molecule has 12 rings (SSSR count). The van der Waals surface area contributed by atoms with Crippen LogP contribution < -0.4 is 9.64 Å². The van der Waals surface area contributed by atoms with E-state index in [1.165, 1.54) is 0 Å². The van der Waals surface area contributed by atoms with Crippen molar-refractivity contribution in [2.24, 2.45) is 5.92 Å². The lowest BCUT2D eigenvalue weighted by molar-refractivity contribution is -0.225. The molecule has 10 heterocycles. The Morgan fingerprint density at radius 1 is 1.11 bits per heavy atom. The van der Waals surface area contributed by atoms with Gasteiger partial charge >= 0.3 is 6.01 Å². The number of halogens is 3. The predicted molar refractivity (Wildman–Crippen MR) is 171 cm³/mol. The van der Waals surface area contributed by atoms with Gasteiger partial charge in [-0.2, -0.15) is 15.1 Å². The van der Waals surface area contributed by atoms with Crippen molar-refractivity contribution in [3.8, 4) is 17.3 Å². The van der Waals surface area contributed by atoms with Gasteiger partial charge in [0.15, 0.2) is 5.82 Å². The number of benzene rings is 1. The topological polar surface area (TPSA) is 102 Å². The first-order chi connectivity index (χ1) is 22.9. The summed E-state index contributed by atoms with van der Waals surface area (Å²) in [6.07, 6.45) is 8.48. The van der Waals surface area contributed by atoms with E-state index in [0.29, 0.717) is 60.0 Å². The van der Waals surface area contributed by atoms with Crippen molar-refractivity contribution in [3.63, 3.8) is 0 Å². The van der Waals surface area contributed by atoms with Crippen molar-refractivity contribution in [2.45, 2.75) is 74.3 Å². The van der Waals surface area contributed by atoms with Gasteiger partial charge in [0.25, 0.3) is 0 Å². The zero-order valence-electron chi connectivity index (χ0n) is 26.0. The smallest absolute Gasteiger partial charge is 0.319 e. The van der Waals surface area contributed by atoms with Crippen molar-refractivity contribution in [3.05, 3.63) is 34.9 Å². The molecular weight excluding hydrogens is 628 g/mol. The number of fused-ring (bicyclic) bond motifs is 2. The standard InChI is InChI=1S/C34H36ClF2N7O3/c35-24-8-25-22(12-39-42-25)27-26(24)21-7-18(21)14-45-15-20-10-34(47-20)4-2-5-43(16-34)31-23-11-38-30(27)28(37)29(23)40-32(41-31)46-17-33-3-1-6-44(33)13-19(36)9-33/h8,11-12,18-21H,1-7,9-10,13-17H2,(H,39,42)/t18-,19+,20+,21-,33-,34?/m0/s1. The van der Waals surface area contributed by atoms with Gasteiger partial charge in [-0.15, -0.1) is 0 Å². The van der Waals surface area contributed by atoms with E-state index in [0.717, 1.165) is 62.6 Å². The molecule has 10 nitrogen and oxygen atoms in total. The molecule has 0 radical (unpaired) electrons. The Bertz CT molecular complexity index is 1920. The highest BCUT2D eigenvalue weighted by molar-refractivity contribution is 6.33. The Kier molecular flexibility index (Phi) is 6.37. The predicted octanol–water partition coefficient (Wildman–Crippen LogP) is 5.58. The first kappa shape index (κ1) is 28.8. The number of pyridine rings is 1. The number of H-pyrrole nitrogens is 1. The largest absolute Gasteiger partial charge is 0.461 e. The Balaban J connectivity index is 1.14. The molecule has 1 unspecified atom stereocenters. The number of piperidine rings is 1. The van der Waals surface area contributed by atoms with Gasteiger partial charge < -0.3 is 19.1 Å². The third-order valence-electron chi connectivity index (χ3n) is 11.6. The van der Waals surface area contributed by atoms with Crippen LogP contribution in [-0.4, -0.2) is 99.5 Å². The van der Waals surface area contributed by atoms with Crippen LogP contribution in [0.4, 0.5) is 14.6 Å². The number of nitrogens with zero attached hydrogens (tertiary/aromatic N) is 6. The molecule has 8 aliphatic rings. The minimum Gasteiger partial charge on any atom is -0.461 e. The minimum absolute atomic E-state index is 0.0471. The minimum atomic E-state index is -0.881. The lowest BCUT2D eigenvalue weighted by Gasteiger charge is -2.53. The van der Waals surface area contributed by atoms with Crippen LogP contribution in [0.5, 0.6) is 6.01 Å². The van der Waals surface area contributed by atoms with Crippen molar-refractivity contribution in [1.82, 2.24) is 30.0 Å². The maximum absolute atomic E-state index is 17.2. The highest BCUT2D eigenvalue weighted by Crippen LogP contribution is 2.55.